The summed E-state index contributed by atoms with van der Waals surface area (Å²) in [5, 5.41) is 0. The first-order chi connectivity index (χ1) is 4.52. The van der Waals surface area contributed by atoms with E-state index >= 15 is 0 Å². The molecule has 1 unspecified atom stereocenters. The van der Waals surface area contributed by atoms with E-state index in [1.165, 1.54) is 0 Å². The normalized spacial score (nSPS) is 22.2. The Bertz CT molecular complexity index is 202. The minimum absolute atomic E-state index is 0. The predicted molar refractivity (Wildman–Crippen MR) is 27.0 cm³/mol. The van der Waals surface area contributed by atoms with E-state index in [0.29, 0.717) is 0 Å². The first-order valence-corrected chi connectivity index (χ1v) is 4.31. The molecule has 0 aromatic heterocycles. The van der Waals surface area contributed by atoms with Gasteiger partial charge in [-0.05, 0) is 6.42 Å². The zero-order chi connectivity index (χ0) is 7.78. The van der Waals surface area contributed by atoms with E-state index in [0.717, 1.165) is 0 Å². The maximum Gasteiger partial charge on any atom is 1.00 e. The van der Waals surface area contributed by atoms with Crippen molar-refractivity contribution in [3.63, 3.8) is 0 Å². The van der Waals surface area contributed by atoms with Gasteiger partial charge >= 0.3 is 43.7 Å². The zero-order valence-corrected chi connectivity index (χ0v) is 7.87. The van der Waals surface area contributed by atoms with Gasteiger partial charge in [-0.1, -0.05) is 7.60 Å². The summed E-state index contributed by atoms with van der Waals surface area (Å²) in [6.07, 6.45) is 0.00309. The number of rotatable bonds is 1. The number of cyclic esters (lactones) is 1. The van der Waals surface area contributed by atoms with E-state index in [1.54, 1.807) is 0 Å². The molecule has 1 atom stereocenters. The molecule has 1 aliphatic heterocycles. The molecular formula is C4H5Li2O5P. The van der Waals surface area contributed by atoms with Crippen molar-refractivity contribution in [1.29, 1.82) is 0 Å². The van der Waals surface area contributed by atoms with Crippen LogP contribution in [0.5, 0.6) is 0 Å². The van der Waals surface area contributed by atoms with Gasteiger partial charge in [0.2, 0.25) is 0 Å². The summed E-state index contributed by atoms with van der Waals surface area (Å²) in [5.74, 6) is -0.909. The van der Waals surface area contributed by atoms with Crippen LogP contribution >= 0.6 is 7.60 Å². The number of hydrogen-bond acceptors (Lipinski definition) is 5. The molecule has 1 aliphatic rings. The molecule has 0 spiro atoms. The molecule has 0 bridgehead atoms. The monoisotopic (exact) mass is 178 g/mol. The van der Waals surface area contributed by atoms with E-state index in [1.807, 2.05) is 0 Å². The average Bonchev–Trinajstić information content (AvgIpc) is 2.11. The van der Waals surface area contributed by atoms with E-state index in [-0.39, 0.29) is 50.7 Å². The summed E-state index contributed by atoms with van der Waals surface area (Å²) in [4.78, 5) is 30.9. The van der Waals surface area contributed by atoms with Crippen molar-refractivity contribution in [2.45, 2.75) is 12.1 Å². The van der Waals surface area contributed by atoms with E-state index in [2.05, 4.69) is 4.74 Å². The smallest absolute Gasteiger partial charge is 0.810 e. The number of esters is 1. The predicted octanol–water partition coefficient (Wildman–Crippen LogP) is -7.78. The molecule has 0 aromatic carbocycles. The Morgan fingerprint density at radius 1 is 1.42 bits per heavy atom. The molecule has 0 amide bonds. The zero-order valence-electron chi connectivity index (χ0n) is 6.98. The third-order valence-corrected chi connectivity index (χ3v) is 2.52. The van der Waals surface area contributed by atoms with E-state index in [9.17, 15) is 19.1 Å². The van der Waals surface area contributed by atoms with Gasteiger partial charge in [-0.15, -0.1) is 0 Å². The van der Waals surface area contributed by atoms with E-state index in [4.69, 9.17) is 0 Å². The third-order valence-electron chi connectivity index (χ3n) is 1.29. The Kier molecular flexibility index (Phi) is 7.04. The van der Waals surface area contributed by atoms with Gasteiger partial charge in [-0.2, -0.15) is 0 Å². The third kappa shape index (κ3) is 3.68. The maximum absolute atomic E-state index is 10.4. The number of carbonyl (C=O) groups is 1. The fourth-order valence-electron chi connectivity index (χ4n) is 0.772. The summed E-state index contributed by atoms with van der Waals surface area (Å²) < 4.78 is 14.5. The van der Waals surface area contributed by atoms with Crippen molar-refractivity contribution in [3.05, 3.63) is 0 Å². The molecule has 0 N–H and O–H groups in total. The van der Waals surface area contributed by atoms with Gasteiger partial charge in [0, 0.05) is 0 Å². The summed E-state index contributed by atoms with van der Waals surface area (Å²) >= 11 is 0. The second-order valence-electron chi connectivity index (χ2n) is 2.01. The molecule has 1 heterocycles. The molecule has 1 rings (SSSR count). The maximum atomic E-state index is 10.4. The Morgan fingerprint density at radius 3 is 2.08 bits per heavy atom. The number of ether oxygens (including phenoxy) is 1. The Labute approximate surface area is 93.7 Å². The van der Waals surface area contributed by atoms with Crippen molar-refractivity contribution >= 4 is 13.6 Å². The van der Waals surface area contributed by atoms with Gasteiger partial charge in [-0.3, -0.25) is 4.79 Å². The van der Waals surface area contributed by atoms with Gasteiger partial charge in [0.1, 0.15) is 0 Å². The van der Waals surface area contributed by atoms with Gasteiger partial charge in [0.25, 0.3) is 0 Å². The Hall–Kier alpha value is 0.815. The van der Waals surface area contributed by atoms with Gasteiger partial charge in [0.05, 0.1) is 12.3 Å². The molecule has 8 heteroatoms. The number of carbonyl (C=O) groups excluding carboxylic acids is 1. The van der Waals surface area contributed by atoms with Crippen LogP contribution in [0.4, 0.5) is 0 Å². The van der Waals surface area contributed by atoms with Crippen LogP contribution in [0.25, 0.3) is 0 Å². The van der Waals surface area contributed by atoms with Gasteiger partial charge in [-0.25, -0.2) is 0 Å². The van der Waals surface area contributed by atoms with Crippen LogP contribution in [0.3, 0.4) is 0 Å². The molecule has 0 radical (unpaired) electrons. The van der Waals surface area contributed by atoms with Crippen LogP contribution in [-0.4, -0.2) is 18.2 Å². The van der Waals surface area contributed by atoms with Crippen molar-refractivity contribution in [3.8, 4) is 0 Å². The van der Waals surface area contributed by atoms with Gasteiger partial charge < -0.3 is 19.1 Å². The van der Waals surface area contributed by atoms with Crippen LogP contribution in [0, 0.1) is 0 Å². The Morgan fingerprint density at radius 2 is 1.92 bits per heavy atom. The topological polar surface area (TPSA) is 89.5 Å². The second kappa shape index (κ2) is 5.53. The van der Waals surface area contributed by atoms with Crippen LogP contribution in [0.15, 0.2) is 0 Å². The molecule has 1 saturated heterocycles. The van der Waals surface area contributed by atoms with Crippen molar-refractivity contribution in [1.82, 2.24) is 0 Å². The largest absolute Gasteiger partial charge is 1.00 e. The van der Waals surface area contributed by atoms with Crippen molar-refractivity contribution in [2.24, 2.45) is 0 Å². The average molecular weight is 178 g/mol. The quantitative estimate of drug-likeness (QED) is 0.226. The summed E-state index contributed by atoms with van der Waals surface area (Å²) in [5.41, 5.74) is -1.44. The fraction of sp³-hybridized carbons (Fsp3) is 0.750. The minimum atomic E-state index is -4.74. The van der Waals surface area contributed by atoms with Crippen LogP contribution in [-0.2, 0) is 14.1 Å². The summed E-state index contributed by atoms with van der Waals surface area (Å²) in [6.45, 7) is 0.0397. The minimum Gasteiger partial charge on any atom is -0.810 e. The number of hydrogen-bond donors (Lipinski definition) is 0. The van der Waals surface area contributed by atoms with Gasteiger partial charge in [0.15, 0.2) is 0 Å². The molecule has 0 saturated carbocycles. The first kappa shape index (κ1) is 15.3. The van der Waals surface area contributed by atoms with E-state index < -0.39 is 19.2 Å². The van der Waals surface area contributed by atoms with Crippen molar-refractivity contribution in [2.75, 3.05) is 6.61 Å². The molecule has 0 aliphatic carbocycles. The van der Waals surface area contributed by atoms with Crippen molar-refractivity contribution < 1.29 is 61.6 Å². The molecule has 1 fully saturated rings. The second-order valence-corrected chi connectivity index (χ2v) is 3.71. The molecule has 12 heavy (non-hydrogen) atoms. The molecule has 0 aromatic rings. The van der Waals surface area contributed by atoms with Crippen LogP contribution < -0.4 is 47.5 Å². The summed E-state index contributed by atoms with van der Waals surface area (Å²) in [7, 11) is -4.74. The van der Waals surface area contributed by atoms with Crippen LogP contribution in [0.1, 0.15) is 6.42 Å². The Balaban J connectivity index is 0. The first-order valence-electron chi connectivity index (χ1n) is 2.70. The standard InChI is InChI=1S/C4H7O5P.2Li/c5-4-3(1-2-9-4)10(6,7)8;;/h3H,1-2H2,(H2,6,7,8);;/q;2*+1/p-2. The SMILES string of the molecule is O=C1OCCC1P(=O)([O-])[O-].[Li+].[Li+]. The fourth-order valence-corrected chi connectivity index (χ4v) is 1.53. The molecule has 5 nitrogen and oxygen atoms in total. The summed E-state index contributed by atoms with van der Waals surface area (Å²) in [6, 6.07) is 0. The van der Waals surface area contributed by atoms with Crippen LogP contribution in [0.2, 0.25) is 0 Å². The molecular weight excluding hydrogens is 173 g/mol. The molecule has 58 valence electrons.